The number of nitrogens with zero attached hydrogens (tertiary/aromatic N) is 2. The van der Waals surface area contributed by atoms with Gasteiger partial charge < -0.3 is 0 Å². The molecule has 2 nitrogen and oxygen atoms in total. The zero-order valence-corrected chi connectivity index (χ0v) is 23.5. The average Bonchev–Trinajstić information content (AvgIpc) is 3.17. The topological polar surface area (TPSA) is 9.86 Å². The van der Waals surface area contributed by atoms with Crippen molar-refractivity contribution >= 4 is 19.1 Å². The molecule has 0 saturated heterocycles. The Morgan fingerprint density at radius 3 is 1.06 bits per heavy atom. The molecule has 0 spiro atoms. The van der Waals surface area contributed by atoms with Crippen LogP contribution in [0.2, 0.25) is 0 Å². The molecule has 0 radical (unpaired) electrons. The number of imidazole rings is 1. The quantitative estimate of drug-likeness (QED) is 0.264. The fourth-order valence-corrected chi connectivity index (χ4v) is 6.89. The maximum absolute atomic E-state index is 6.82. The molecular formula is C27H36Cl2N2Pd-2. The Morgan fingerprint density at radius 1 is 0.562 bits per heavy atom. The zero-order valence-electron chi connectivity index (χ0n) is 20.4. The van der Waals surface area contributed by atoms with Crippen LogP contribution in [0.4, 0.5) is 0 Å². The molecule has 1 heterocycles. The van der Waals surface area contributed by atoms with Crippen LogP contribution >= 0.6 is 19.1 Å². The third kappa shape index (κ3) is 4.88. The van der Waals surface area contributed by atoms with Crippen molar-refractivity contribution in [3.05, 3.63) is 74.9 Å². The number of aromatic nitrogens is 2. The van der Waals surface area contributed by atoms with E-state index in [1.165, 1.54) is 33.6 Å². The SMILES string of the molecule is CC(C)c1cccc(C(C)C)c1-n1ccn(-c2c(C(C)C)cccc2C(C)C)[c]1=[Pd-2]([Cl])[Cl]. The van der Waals surface area contributed by atoms with Gasteiger partial charge in [-0.2, -0.15) is 0 Å². The van der Waals surface area contributed by atoms with Crippen molar-refractivity contribution in [1.82, 2.24) is 9.13 Å². The standard InChI is InChI=1S/C27H36N2.2ClH.Pd/c1-18(2)22-11-9-12-23(19(3)4)26(22)28-15-16-29(17-28)27-24(20(5)6)13-10-14-25(27)21(7)8;;;/h9-16,18-21H,1-8H3;2*1H;/p-2. The van der Waals surface area contributed by atoms with Gasteiger partial charge in [-0.15, -0.1) is 0 Å². The Hall–Kier alpha value is -1.11. The van der Waals surface area contributed by atoms with E-state index in [0.29, 0.717) is 23.7 Å². The van der Waals surface area contributed by atoms with Crippen molar-refractivity contribution in [2.75, 3.05) is 0 Å². The summed E-state index contributed by atoms with van der Waals surface area (Å²) in [7, 11) is 13.6. The van der Waals surface area contributed by atoms with Crippen molar-refractivity contribution in [3.8, 4) is 11.4 Å². The molecule has 0 atom stereocenters. The van der Waals surface area contributed by atoms with E-state index >= 15 is 0 Å². The Morgan fingerprint density at radius 2 is 0.844 bits per heavy atom. The molecule has 1 aromatic heterocycles. The Kier molecular flexibility index (Phi) is 8.32. The van der Waals surface area contributed by atoms with Gasteiger partial charge in [-0.05, 0) is 0 Å². The molecule has 180 valence electrons. The molecule has 3 aromatic rings. The number of hydrogen-bond donors (Lipinski definition) is 0. The summed E-state index contributed by atoms with van der Waals surface area (Å²) in [5, 5.41) is 0. The average molecular weight is 566 g/mol. The van der Waals surface area contributed by atoms with Gasteiger partial charge >= 0.3 is 208 Å². The number of rotatable bonds is 6. The first-order valence-corrected chi connectivity index (χ1v) is 16.2. The second-order valence-electron chi connectivity index (χ2n) is 9.63. The Bertz CT molecular complexity index is 1030. The summed E-state index contributed by atoms with van der Waals surface area (Å²) in [6, 6.07) is 13.3. The van der Waals surface area contributed by atoms with Crippen LogP contribution < -0.4 is 0 Å². The zero-order chi connectivity index (χ0) is 23.7. The van der Waals surface area contributed by atoms with Crippen LogP contribution in [0.25, 0.3) is 11.4 Å². The first-order chi connectivity index (χ1) is 15.1. The molecule has 0 N–H and O–H groups in total. The predicted octanol–water partition coefficient (Wildman–Crippen LogP) is 9.22. The molecule has 0 saturated carbocycles. The fourth-order valence-electron chi connectivity index (χ4n) is 4.38. The van der Waals surface area contributed by atoms with Gasteiger partial charge in [0.05, 0.1) is 0 Å². The third-order valence-electron chi connectivity index (χ3n) is 6.01. The molecule has 0 aliphatic carbocycles. The minimum atomic E-state index is -1.99. The monoisotopic (exact) mass is 564 g/mol. The molecule has 5 heteroatoms. The van der Waals surface area contributed by atoms with Gasteiger partial charge in [0.25, 0.3) is 0 Å². The van der Waals surface area contributed by atoms with Crippen LogP contribution in [0.5, 0.6) is 0 Å². The van der Waals surface area contributed by atoms with Crippen LogP contribution in [-0.4, -0.2) is 9.13 Å². The number of hydrogen-bond acceptors (Lipinski definition) is 0. The van der Waals surface area contributed by atoms with Gasteiger partial charge in [-0.25, -0.2) is 0 Å². The third-order valence-corrected chi connectivity index (χ3v) is 8.55. The van der Waals surface area contributed by atoms with E-state index < -0.39 is 14.3 Å². The van der Waals surface area contributed by atoms with Crippen molar-refractivity contribution in [2.45, 2.75) is 79.1 Å². The van der Waals surface area contributed by atoms with Crippen LogP contribution in [0.3, 0.4) is 0 Å². The fraction of sp³-hybridized carbons (Fsp3) is 0.444. The molecule has 2 aromatic carbocycles. The van der Waals surface area contributed by atoms with E-state index in [1.807, 2.05) is 0 Å². The van der Waals surface area contributed by atoms with Crippen molar-refractivity contribution < 1.29 is 14.3 Å². The molecule has 3 rings (SSSR count). The van der Waals surface area contributed by atoms with E-state index in [4.69, 9.17) is 19.1 Å². The Labute approximate surface area is 207 Å². The van der Waals surface area contributed by atoms with Crippen LogP contribution in [0, 0.1) is 3.89 Å². The van der Waals surface area contributed by atoms with Gasteiger partial charge in [-0.3, -0.25) is 0 Å². The summed E-state index contributed by atoms with van der Waals surface area (Å²) in [4.78, 5) is 0. The van der Waals surface area contributed by atoms with E-state index in [1.54, 1.807) is 0 Å². The second-order valence-corrected chi connectivity index (χ2v) is 14.7. The first-order valence-electron chi connectivity index (χ1n) is 11.4. The number of para-hydroxylation sites is 2. The van der Waals surface area contributed by atoms with Gasteiger partial charge in [0.1, 0.15) is 0 Å². The summed E-state index contributed by atoms with van der Waals surface area (Å²) >= 11 is -1.99. The van der Waals surface area contributed by atoms with Gasteiger partial charge in [-0.1, -0.05) is 0 Å². The predicted molar refractivity (Wildman–Crippen MR) is 136 cm³/mol. The van der Waals surface area contributed by atoms with Gasteiger partial charge in [0.15, 0.2) is 0 Å². The molecule has 0 bridgehead atoms. The van der Waals surface area contributed by atoms with Gasteiger partial charge in [0.2, 0.25) is 0 Å². The summed E-state index contributed by atoms with van der Waals surface area (Å²) in [5.74, 6) is 1.57. The molecular weight excluding hydrogens is 530 g/mol. The van der Waals surface area contributed by atoms with Crippen molar-refractivity contribution in [2.24, 2.45) is 0 Å². The molecule has 0 unspecified atom stereocenters. The molecule has 0 aliphatic heterocycles. The first kappa shape index (κ1) is 25.5. The van der Waals surface area contributed by atoms with E-state index in [0.717, 1.165) is 3.89 Å². The van der Waals surface area contributed by atoms with Crippen LogP contribution in [0.15, 0.2) is 48.8 Å². The van der Waals surface area contributed by atoms with Crippen molar-refractivity contribution in [3.63, 3.8) is 0 Å². The summed E-state index contributed by atoms with van der Waals surface area (Å²) in [5.41, 5.74) is 7.74. The molecule has 0 aliphatic rings. The number of benzene rings is 2. The summed E-state index contributed by atoms with van der Waals surface area (Å²) < 4.78 is 5.53. The second kappa shape index (κ2) is 10.4. The summed E-state index contributed by atoms with van der Waals surface area (Å²) in [6.45, 7) is 18.0. The normalized spacial score (nSPS) is 12.5. The summed E-state index contributed by atoms with van der Waals surface area (Å²) in [6.07, 6.45) is 4.31. The molecule has 0 fully saturated rings. The number of halogens is 2. The van der Waals surface area contributed by atoms with E-state index in [9.17, 15) is 0 Å². The maximum atomic E-state index is 6.82. The van der Waals surface area contributed by atoms with Gasteiger partial charge in [0, 0.05) is 0 Å². The van der Waals surface area contributed by atoms with Crippen LogP contribution in [0.1, 0.15) is 101 Å². The van der Waals surface area contributed by atoms with Crippen molar-refractivity contribution in [1.29, 1.82) is 0 Å². The minimum absolute atomic E-state index is 0.393. The molecule has 32 heavy (non-hydrogen) atoms. The van der Waals surface area contributed by atoms with E-state index in [2.05, 4.69) is 113 Å². The van der Waals surface area contributed by atoms with Crippen LogP contribution in [-0.2, 0) is 14.3 Å². The molecule has 0 amide bonds. The Balaban J connectivity index is 2.47. The van der Waals surface area contributed by atoms with E-state index in [-0.39, 0.29) is 0 Å².